The quantitative estimate of drug-likeness (QED) is 0.343. The molecule has 1 atom stereocenters. The second-order valence-electron chi connectivity index (χ2n) is 7.72. The lowest BCUT2D eigenvalue weighted by Gasteiger charge is -2.34. The van der Waals surface area contributed by atoms with E-state index in [9.17, 15) is 30.3 Å². The number of aryl methyl sites for hydroxylation is 1. The minimum absolute atomic E-state index is 0.0967. The van der Waals surface area contributed by atoms with Gasteiger partial charge in [-0.05, 0) is 37.2 Å². The van der Waals surface area contributed by atoms with Crippen molar-refractivity contribution in [2.24, 2.45) is 0 Å². The summed E-state index contributed by atoms with van der Waals surface area (Å²) in [5.74, 6) is -0.806. The molecule has 0 heterocycles. The van der Waals surface area contributed by atoms with Crippen LogP contribution >= 0.6 is 0 Å². The predicted octanol–water partition coefficient (Wildman–Crippen LogP) is 1.67. The van der Waals surface area contributed by atoms with E-state index >= 15 is 0 Å². The maximum atomic E-state index is 11.4. The molecule has 0 aliphatic heterocycles. The Balaban J connectivity index is 2.21. The Labute approximate surface area is 182 Å². The Kier molecular flexibility index (Phi) is 9.26. The van der Waals surface area contributed by atoms with Gasteiger partial charge in [-0.25, -0.2) is 0 Å². The fraction of sp³-hybridized carbons (Fsp3) is 0.435. The lowest BCUT2D eigenvalue weighted by atomic mass is 10.1. The Bertz CT molecular complexity index is 873. The van der Waals surface area contributed by atoms with Crippen LogP contribution in [0.15, 0.2) is 36.4 Å². The number of hydrogen-bond acceptors (Lipinski definition) is 7. The molecule has 8 nitrogen and oxygen atoms in total. The lowest BCUT2D eigenvalue weighted by molar-refractivity contribution is -0.138. The number of carboxylic acid groups (broad SMARTS) is 1. The molecule has 31 heavy (non-hydrogen) atoms. The third-order valence-corrected chi connectivity index (χ3v) is 5.29. The summed E-state index contributed by atoms with van der Waals surface area (Å²) in [6.45, 7) is 4.59. The van der Waals surface area contributed by atoms with Crippen molar-refractivity contribution in [3.8, 4) is 11.5 Å². The molecule has 1 unspecified atom stereocenters. The third kappa shape index (κ3) is 7.22. The Morgan fingerprint density at radius 1 is 1.00 bits per heavy atom. The normalized spacial score (nSPS) is 12.5. The van der Waals surface area contributed by atoms with Crippen molar-refractivity contribution in [2.45, 2.75) is 39.6 Å². The van der Waals surface area contributed by atoms with Gasteiger partial charge in [0.1, 0.15) is 11.5 Å². The molecular formula is C23H32N2O6. The number of aliphatic hydroxyl groups is 2. The number of aromatic hydroxyl groups is 2. The number of carbonyl (C=O) groups is 1. The smallest absolute Gasteiger partial charge is 0.317 e. The maximum absolute atomic E-state index is 11.4. The molecule has 0 spiro atoms. The van der Waals surface area contributed by atoms with E-state index in [1.807, 2.05) is 24.8 Å². The average Bonchev–Trinajstić information content (AvgIpc) is 2.73. The van der Waals surface area contributed by atoms with Gasteiger partial charge in [0, 0.05) is 36.8 Å². The van der Waals surface area contributed by atoms with Crippen LogP contribution in [-0.4, -0.2) is 73.6 Å². The molecule has 0 aromatic heterocycles. The Morgan fingerprint density at radius 2 is 1.65 bits per heavy atom. The molecular weight excluding hydrogens is 400 g/mol. The molecule has 0 saturated heterocycles. The molecule has 0 radical (unpaired) electrons. The van der Waals surface area contributed by atoms with Crippen LogP contribution in [0.2, 0.25) is 0 Å². The number of nitrogens with zero attached hydrogens (tertiary/aromatic N) is 2. The number of aliphatic carboxylic acids is 1. The molecule has 2 aromatic rings. The van der Waals surface area contributed by atoms with Crippen LogP contribution in [-0.2, 0) is 24.5 Å². The molecule has 0 bridgehead atoms. The summed E-state index contributed by atoms with van der Waals surface area (Å²) in [6.07, 6.45) is 0. The summed E-state index contributed by atoms with van der Waals surface area (Å²) >= 11 is 0. The maximum Gasteiger partial charge on any atom is 0.317 e. The van der Waals surface area contributed by atoms with Gasteiger partial charge in [-0.1, -0.05) is 30.7 Å². The van der Waals surface area contributed by atoms with Gasteiger partial charge in [0.15, 0.2) is 0 Å². The van der Waals surface area contributed by atoms with Crippen LogP contribution in [0.3, 0.4) is 0 Å². The van der Waals surface area contributed by atoms with E-state index in [1.165, 1.54) is 6.07 Å². The number of hydrogen-bond donors (Lipinski definition) is 5. The average molecular weight is 433 g/mol. The van der Waals surface area contributed by atoms with Crippen molar-refractivity contribution < 1.29 is 30.3 Å². The van der Waals surface area contributed by atoms with Crippen molar-refractivity contribution in [1.82, 2.24) is 9.80 Å². The largest absolute Gasteiger partial charge is 0.508 e. The van der Waals surface area contributed by atoms with Gasteiger partial charge in [0.25, 0.3) is 0 Å². The molecule has 2 rings (SSSR count). The van der Waals surface area contributed by atoms with Crippen molar-refractivity contribution in [3.63, 3.8) is 0 Å². The summed E-state index contributed by atoms with van der Waals surface area (Å²) in [4.78, 5) is 15.0. The minimum Gasteiger partial charge on any atom is -0.508 e. The molecule has 0 saturated carbocycles. The first-order valence-corrected chi connectivity index (χ1v) is 10.3. The number of phenols is 2. The highest BCUT2D eigenvalue weighted by Gasteiger charge is 2.23. The lowest BCUT2D eigenvalue weighted by Crippen LogP contribution is -2.46. The predicted molar refractivity (Wildman–Crippen MR) is 117 cm³/mol. The van der Waals surface area contributed by atoms with Gasteiger partial charge in [-0.2, -0.15) is 0 Å². The molecule has 8 heteroatoms. The second-order valence-corrected chi connectivity index (χ2v) is 7.72. The highest BCUT2D eigenvalue weighted by atomic mass is 16.4. The highest BCUT2D eigenvalue weighted by molar-refractivity contribution is 5.69. The second kappa shape index (κ2) is 11.7. The number of carboxylic acids is 1. The Hall–Kier alpha value is -2.65. The van der Waals surface area contributed by atoms with E-state index in [0.29, 0.717) is 29.8 Å². The number of rotatable bonds is 12. The van der Waals surface area contributed by atoms with E-state index in [1.54, 1.807) is 29.2 Å². The molecule has 0 fully saturated rings. The first-order valence-electron chi connectivity index (χ1n) is 10.3. The molecule has 0 aliphatic rings. The van der Waals surface area contributed by atoms with Crippen molar-refractivity contribution in [1.29, 1.82) is 0 Å². The molecule has 170 valence electrons. The monoisotopic (exact) mass is 432 g/mol. The van der Waals surface area contributed by atoms with Gasteiger partial charge in [-0.3, -0.25) is 14.6 Å². The first-order chi connectivity index (χ1) is 14.8. The van der Waals surface area contributed by atoms with Gasteiger partial charge in [0.05, 0.1) is 19.8 Å². The summed E-state index contributed by atoms with van der Waals surface area (Å²) < 4.78 is 0. The highest BCUT2D eigenvalue weighted by Crippen LogP contribution is 2.23. The fourth-order valence-corrected chi connectivity index (χ4v) is 3.63. The summed E-state index contributed by atoms with van der Waals surface area (Å²) in [5.41, 5.74) is 2.87. The molecule has 2 aromatic carbocycles. The van der Waals surface area contributed by atoms with Crippen LogP contribution in [0, 0.1) is 6.92 Å². The van der Waals surface area contributed by atoms with Crippen LogP contribution < -0.4 is 0 Å². The zero-order valence-corrected chi connectivity index (χ0v) is 18.0. The number of benzene rings is 2. The van der Waals surface area contributed by atoms with Gasteiger partial charge in [-0.15, -0.1) is 0 Å². The topological polar surface area (TPSA) is 125 Å². The number of aliphatic hydroxyl groups excluding tert-OH is 2. The Morgan fingerprint density at radius 3 is 2.23 bits per heavy atom. The third-order valence-electron chi connectivity index (χ3n) is 5.29. The standard InChI is InChI=1S/C23H32N2O6/c1-3-25(11-19-9-17(14-26)5-7-22(19)29)20(15-27)12-24(13-23(30)31)10-18-8-16(2)4-6-21(18)28/h4-9,20,26-29H,3,10-15H2,1-2H3,(H,30,31). The zero-order valence-electron chi connectivity index (χ0n) is 18.0. The summed E-state index contributed by atoms with van der Waals surface area (Å²) in [6, 6.07) is 9.67. The van der Waals surface area contributed by atoms with Gasteiger partial charge < -0.3 is 25.5 Å². The SMILES string of the molecule is CCN(Cc1cc(CO)ccc1O)C(CO)CN(CC(=O)O)Cc1cc(C)ccc1O. The van der Waals surface area contributed by atoms with Crippen molar-refractivity contribution in [2.75, 3.05) is 26.2 Å². The summed E-state index contributed by atoms with van der Waals surface area (Å²) in [5, 5.41) is 49.1. The van der Waals surface area contributed by atoms with Crippen LogP contribution in [0.4, 0.5) is 0 Å². The van der Waals surface area contributed by atoms with Crippen molar-refractivity contribution >= 4 is 5.97 Å². The number of phenolic OH excluding ortho intramolecular Hbond substituents is 2. The number of likely N-dealkylation sites (N-methyl/N-ethyl adjacent to an activating group) is 1. The van der Waals surface area contributed by atoms with Gasteiger partial charge >= 0.3 is 5.97 Å². The molecule has 0 amide bonds. The van der Waals surface area contributed by atoms with Crippen LogP contribution in [0.1, 0.15) is 29.2 Å². The minimum atomic E-state index is -1.000. The van der Waals surface area contributed by atoms with Crippen LogP contribution in [0.25, 0.3) is 0 Å². The molecule has 5 N–H and O–H groups in total. The van der Waals surface area contributed by atoms with E-state index in [-0.39, 0.29) is 44.3 Å². The van der Waals surface area contributed by atoms with E-state index in [4.69, 9.17) is 0 Å². The van der Waals surface area contributed by atoms with Gasteiger partial charge in [0.2, 0.25) is 0 Å². The summed E-state index contributed by atoms with van der Waals surface area (Å²) in [7, 11) is 0. The van der Waals surface area contributed by atoms with Crippen molar-refractivity contribution in [3.05, 3.63) is 58.7 Å². The van der Waals surface area contributed by atoms with E-state index < -0.39 is 12.0 Å². The fourth-order valence-electron chi connectivity index (χ4n) is 3.63. The van der Waals surface area contributed by atoms with E-state index in [2.05, 4.69) is 0 Å². The zero-order chi connectivity index (χ0) is 23.0. The van der Waals surface area contributed by atoms with E-state index in [0.717, 1.165) is 5.56 Å². The first kappa shape index (κ1) is 24.6. The molecule has 0 aliphatic carbocycles. The van der Waals surface area contributed by atoms with Crippen LogP contribution in [0.5, 0.6) is 11.5 Å².